The van der Waals surface area contributed by atoms with Crippen LogP contribution in [-0.2, 0) is 14.3 Å². The van der Waals surface area contributed by atoms with E-state index < -0.39 is 0 Å². The van der Waals surface area contributed by atoms with Gasteiger partial charge >= 0.3 is 0 Å². The molecule has 0 aromatic rings. The molecule has 21 heavy (non-hydrogen) atoms. The van der Waals surface area contributed by atoms with E-state index in [2.05, 4.69) is 20.8 Å². The van der Waals surface area contributed by atoms with Gasteiger partial charge in [-0.25, -0.2) is 0 Å². The highest BCUT2D eigenvalue weighted by Gasteiger charge is 2.53. The Kier molecular flexibility index (Phi) is 5.20. The Labute approximate surface area is 131 Å². The zero-order valence-electron chi connectivity index (χ0n) is 13.4. The standard InChI is InChI=1S/C15H26N2O3S/c1-11(2)9-16(7-8-20-4)14(19)12-10-21-15(3)6-5-13(18)17(12)15/h11-12H,5-10H2,1-4H3. The van der Waals surface area contributed by atoms with Crippen LogP contribution in [0.15, 0.2) is 0 Å². The highest BCUT2D eigenvalue weighted by atomic mass is 32.2. The van der Waals surface area contributed by atoms with Crippen molar-refractivity contribution >= 4 is 23.6 Å². The average molecular weight is 314 g/mol. The molecule has 120 valence electrons. The van der Waals surface area contributed by atoms with E-state index in [0.717, 1.165) is 6.42 Å². The van der Waals surface area contributed by atoms with Crippen LogP contribution < -0.4 is 0 Å². The summed E-state index contributed by atoms with van der Waals surface area (Å²) < 4.78 is 5.11. The number of hydrogen-bond acceptors (Lipinski definition) is 4. The van der Waals surface area contributed by atoms with E-state index in [-0.39, 0.29) is 22.7 Å². The third-order valence-electron chi connectivity index (χ3n) is 4.19. The zero-order valence-corrected chi connectivity index (χ0v) is 14.2. The molecule has 0 radical (unpaired) electrons. The summed E-state index contributed by atoms with van der Waals surface area (Å²) in [5.74, 6) is 1.31. The largest absolute Gasteiger partial charge is 0.383 e. The Morgan fingerprint density at radius 2 is 2.29 bits per heavy atom. The average Bonchev–Trinajstić information content (AvgIpc) is 2.91. The molecule has 2 unspecified atom stereocenters. The second kappa shape index (κ2) is 6.57. The summed E-state index contributed by atoms with van der Waals surface area (Å²) in [6.07, 6.45) is 1.41. The monoisotopic (exact) mass is 314 g/mol. The number of ether oxygens (including phenoxy) is 1. The van der Waals surface area contributed by atoms with Gasteiger partial charge in [0.25, 0.3) is 0 Å². The number of rotatable bonds is 6. The van der Waals surface area contributed by atoms with E-state index in [0.29, 0.717) is 37.8 Å². The summed E-state index contributed by atoms with van der Waals surface area (Å²) >= 11 is 1.74. The van der Waals surface area contributed by atoms with E-state index in [1.165, 1.54) is 0 Å². The fraction of sp³-hybridized carbons (Fsp3) is 0.867. The van der Waals surface area contributed by atoms with Gasteiger partial charge in [0.1, 0.15) is 6.04 Å². The first-order chi connectivity index (χ1) is 9.89. The first-order valence-corrected chi connectivity index (χ1v) is 8.61. The molecule has 2 rings (SSSR count). The molecule has 2 amide bonds. The van der Waals surface area contributed by atoms with E-state index in [4.69, 9.17) is 4.74 Å². The first kappa shape index (κ1) is 16.6. The van der Waals surface area contributed by atoms with E-state index in [1.54, 1.807) is 18.9 Å². The molecule has 0 spiro atoms. The third-order valence-corrected chi connectivity index (χ3v) is 5.70. The van der Waals surface area contributed by atoms with Crippen molar-refractivity contribution in [3.8, 4) is 0 Å². The molecule has 5 nitrogen and oxygen atoms in total. The SMILES string of the molecule is COCCN(CC(C)C)C(=O)C1CSC2(C)CCC(=O)N12. The van der Waals surface area contributed by atoms with Crippen molar-refractivity contribution in [3.63, 3.8) is 0 Å². The highest BCUT2D eigenvalue weighted by Crippen LogP contribution is 2.47. The molecule has 2 heterocycles. The van der Waals surface area contributed by atoms with Gasteiger partial charge in [0, 0.05) is 32.4 Å². The topological polar surface area (TPSA) is 49.9 Å². The summed E-state index contributed by atoms with van der Waals surface area (Å²) in [5, 5.41) is 0. The molecule has 0 N–H and O–H groups in total. The Morgan fingerprint density at radius 1 is 1.57 bits per heavy atom. The lowest BCUT2D eigenvalue weighted by atomic mass is 10.1. The van der Waals surface area contributed by atoms with E-state index in [1.807, 2.05) is 9.80 Å². The molecule has 0 saturated carbocycles. The Morgan fingerprint density at radius 3 is 2.90 bits per heavy atom. The van der Waals surface area contributed by atoms with Crippen LogP contribution >= 0.6 is 11.8 Å². The minimum Gasteiger partial charge on any atom is -0.383 e. The van der Waals surface area contributed by atoms with Crippen LogP contribution in [0.1, 0.15) is 33.6 Å². The fourth-order valence-electron chi connectivity index (χ4n) is 3.15. The smallest absolute Gasteiger partial charge is 0.246 e. The minimum atomic E-state index is -0.300. The molecule has 2 fully saturated rings. The molecule has 2 saturated heterocycles. The maximum Gasteiger partial charge on any atom is 0.246 e. The van der Waals surface area contributed by atoms with Crippen LogP contribution in [0.2, 0.25) is 0 Å². The van der Waals surface area contributed by atoms with Crippen molar-refractivity contribution in [2.75, 3.05) is 32.6 Å². The molecule has 2 atom stereocenters. The number of hydrogen-bond donors (Lipinski definition) is 0. The number of carbonyl (C=O) groups is 2. The van der Waals surface area contributed by atoms with Crippen molar-refractivity contribution in [2.45, 2.75) is 44.5 Å². The quantitative estimate of drug-likeness (QED) is 0.747. The Balaban J connectivity index is 2.11. The van der Waals surface area contributed by atoms with Crippen molar-refractivity contribution in [1.82, 2.24) is 9.80 Å². The molecule has 0 aromatic heterocycles. The summed E-state index contributed by atoms with van der Waals surface area (Å²) in [7, 11) is 1.64. The molecule has 0 bridgehead atoms. The summed E-state index contributed by atoms with van der Waals surface area (Å²) in [4.78, 5) is 28.5. The highest BCUT2D eigenvalue weighted by molar-refractivity contribution is 8.01. The predicted octanol–water partition coefficient (Wildman–Crippen LogP) is 1.57. The van der Waals surface area contributed by atoms with Crippen LogP contribution in [0, 0.1) is 5.92 Å². The van der Waals surface area contributed by atoms with E-state index >= 15 is 0 Å². The maximum atomic E-state index is 12.9. The molecular weight excluding hydrogens is 288 g/mol. The molecular formula is C15H26N2O3S. The van der Waals surface area contributed by atoms with Gasteiger partial charge in [-0.15, -0.1) is 11.8 Å². The lowest BCUT2D eigenvalue weighted by Gasteiger charge is -2.33. The normalized spacial score (nSPS) is 28.3. The Hall–Kier alpha value is -0.750. The van der Waals surface area contributed by atoms with Crippen molar-refractivity contribution in [3.05, 3.63) is 0 Å². The van der Waals surface area contributed by atoms with Crippen molar-refractivity contribution in [2.24, 2.45) is 5.92 Å². The summed E-state index contributed by atoms with van der Waals surface area (Å²) in [6, 6.07) is -0.300. The number of methoxy groups -OCH3 is 1. The Bertz CT molecular complexity index is 416. The predicted molar refractivity (Wildman–Crippen MR) is 84.0 cm³/mol. The fourth-order valence-corrected chi connectivity index (χ4v) is 4.57. The number of thioether (sulfide) groups is 1. The zero-order chi connectivity index (χ0) is 15.6. The van der Waals surface area contributed by atoms with Crippen LogP contribution in [0.3, 0.4) is 0 Å². The first-order valence-electron chi connectivity index (χ1n) is 7.63. The molecule has 2 aliphatic rings. The number of fused-ring (bicyclic) bond motifs is 1. The van der Waals surface area contributed by atoms with Crippen molar-refractivity contribution in [1.29, 1.82) is 0 Å². The molecule has 2 aliphatic heterocycles. The second-order valence-electron chi connectivity index (χ2n) is 6.44. The van der Waals surface area contributed by atoms with Gasteiger partial charge in [-0.3, -0.25) is 9.59 Å². The van der Waals surface area contributed by atoms with Gasteiger partial charge in [0.2, 0.25) is 11.8 Å². The second-order valence-corrected chi connectivity index (χ2v) is 7.94. The third kappa shape index (κ3) is 3.37. The molecule has 0 aromatic carbocycles. The van der Waals surface area contributed by atoms with Gasteiger partial charge in [-0.2, -0.15) is 0 Å². The van der Waals surface area contributed by atoms with Crippen LogP contribution in [0.4, 0.5) is 0 Å². The number of carbonyl (C=O) groups excluding carboxylic acids is 2. The van der Waals surface area contributed by atoms with Crippen LogP contribution in [-0.4, -0.2) is 65.1 Å². The number of nitrogens with zero attached hydrogens (tertiary/aromatic N) is 2. The van der Waals surface area contributed by atoms with E-state index in [9.17, 15) is 9.59 Å². The summed E-state index contributed by atoms with van der Waals surface area (Å²) in [6.45, 7) is 8.11. The lowest BCUT2D eigenvalue weighted by Crippen LogP contribution is -2.52. The van der Waals surface area contributed by atoms with Crippen molar-refractivity contribution < 1.29 is 14.3 Å². The summed E-state index contributed by atoms with van der Waals surface area (Å²) in [5.41, 5.74) is 0. The van der Waals surface area contributed by atoms with Gasteiger partial charge in [-0.05, 0) is 19.3 Å². The minimum absolute atomic E-state index is 0.0761. The van der Waals surface area contributed by atoms with Gasteiger partial charge in [0.05, 0.1) is 11.5 Å². The van der Waals surface area contributed by atoms with Gasteiger partial charge < -0.3 is 14.5 Å². The maximum absolute atomic E-state index is 12.9. The van der Waals surface area contributed by atoms with Crippen LogP contribution in [0.25, 0.3) is 0 Å². The van der Waals surface area contributed by atoms with Crippen LogP contribution in [0.5, 0.6) is 0 Å². The van der Waals surface area contributed by atoms with Gasteiger partial charge in [-0.1, -0.05) is 13.8 Å². The molecule has 6 heteroatoms. The van der Waals surface area contributed by atoms with Gasteiger partial charge in [0.15, 0.2) is 0 Å². The number of amides is 2. The lowest BCUT2D eigenvalue weighted by molar-refractivity contribution is -0.144. The molecule has 0 aliphatic carbocycles.